The van der Waals surface area contributed by atoms with Crippen molar-refractivity contribution in [2.75, 3.05) is 11.4 Å². The van der Waals surface area contributed by atoms with Crippen molar-refractivity contribution in [2.24, 2.45) is 0 Å². The van der Waals surface area contributed by atoms with Gasteiger partial charge in [-0.15, -0.1) is 0 Å². The number of piperazine rings is 1. The number of fused-ring (bicyclic) bond motifs is 1. The van der Waals surface area contributed by atoms with Crippen LogP contribution in [0.3, 0.4) is 0 Å². The summed E-state index contributed by atoms with van der Waals surface area (Å²) in [6, 6.07) is 5.03. The molecule has 0 N–H and O–H groups in total. The Kier molecular flexibility index (Phi) is 3.66. The smallest absolute Gasteiger partial charge is 0.250 e. The monoisotopic (exact) mass is 290 g/mol. The fraction of sp³-hybridized carbons (Fsp3) is 0.500. The summed E-state index contributed by atoms with van der Waals surface area (Å²) in [5, 5.41) is 0. The second-order valence-corrected chi connectivity index (χ2v) is 5.66. The molecular formula is C16H19FN2O2. The standard InChI is InChI=1S/C16H19FN2O2/c1-2-13-15(20)18-9-4-3-8-14(18)16(21)19(13)12-7-5-6-11(17)10-12/h5-7,10,13-14H,2-4,8-9H2,1H3. The maximum Gasteiger partial charge on any atom is 0.250 e. The van der Waals surface area contributed by atoms with E-state index in [-0.39, 0.29) is 17.9 Å². The highest BCUT2D eigenvalue weighted by Gasteiger charge is 2.46. The molecule has 0 saturated carbocycles. The zero-order valence-electron chi connectivity index (χ0n) is 12.1. The summed E-state index contributed by atoms with van der Waals surface area (Å²) in [5.74, 6) is -0.480. The quantitative estimate of drug-likeness (QED) is 0.839. The number of carbonyl (C=O) groups is 2. The van der Waals surface area contributed by atoms with Gasteiger partial charge in [-0.3, -0.25) is 14.5 Å². The Morgan fingerprint density at radius 2 is 2.05 bits per heavy atom. The Morgan fingerprint density at radius 3 is 2.76 bits per heavy atom. The maximum atomic E-state index is 13.5. The van der Waals surface area contributed by atoms with E-state index in [0.717, 1.165) is 12.8 Å². The first-order valence-corrected chi connectivity index (χ1v) is 7.52. The Labute approximate surface area is 123 Å². The molecule has 1 aromatic carbocycles. The van der Waals surface area contributed by atoms with Gasteiger partial charge in [-0.05, 0) is 43.9 Å². The van der Waals surface area contributed by atoms with Crippen LogP contribution in [0.2, 0.25) is 0 Å². The van der Waals surface area contributed by atoms with Crippen LogP contribution in [0, 0.1) is 5.82 Å². The van der Waals surface area contributed by atoms with Crippen molar-refractivity contribution in [2.45, 2.75) is 44.7 Å². The Bertz CT molecular complexity index is 575. The molecule has 0 aromatic heterocycles. The highest BCUT2D eigenvalue weighted by Crippen LogP contribution is 2.31. The van der Waals surface area contributed by atoms with E-state index in [9.17, 15) is 14.0 Å². The van der Waals surface area contributed by atoms with E-state index in [1.807, 2.05) is 6.92 Å². The van der Waals surface area contributed by atoms with Gasteiger partial charge in [0.05, 0.1) is 0 Å². The molecule has 0 radical (unpaired) electrons. The Balaban J connectivity index is 2.01. The fourth-order valence-corrected chi connectivity index (χ4v) is 3.36. The molecule has 2 fully saturated rings. The molecule has 2 aliphatic rings. The van der Waals surface area contributed by atoms with E-state index in [1.165, 1.54) is 17.0 Å². The average Bonchev–Trinajstić information content (AvgIpc) is 2.50. The van der Waals surface area contributed by atoms with Crippen LogP contribution in [0.1, 0.15) is 32.6 Å². The van der Waals surface area contributed by atoms with E-state index in [2.05, 4.69) is 0 Å². The van der Waals surface area contributed by atoms with Crippen LogP contribution in [0.25, 0.3) is 0 Å². The van der Waals surface area contributed by atoms with Crippen molar-refractivity contribution in [1.82, 2.24) is 4.90 Å². The van der Waals surface area contributed by atoms with Gasteiger partial charge < -0.3 is 4.90 Å². The second kappa shape index (κ2) is 5.47. The lowest BCUT2D eigenvalue weighted by atomic mass is 9.94. The van der Waals surface area contributed by atoms with E-state index >= 15 is 0 Å². The van der Waals surface area contributed by atoms with Crippen LogP contribution < -0.4 is 4.90 Å². The molecule has 21 heavy (non-hydrogen) atoms. The van der Waals surface area contributed by atoms with E-state index < -0.39 is 11.9 Å². The van der Waals surface area contributed by atoms with Gasteiger partial charge in [-0.1, -0.05) is 13.0 Å². The van der Waals surface area contributed by atoms with Gasteiger partial charge in [0.2, 0.25) is 5.91 Å². The lowest BCUT2D eigenvalue weighted by Crippen LogP contribution is -2.66. The van der Waals surface area contributed by atoms with Crippen LogP contribution in [0.4, 0.5) is 10.1 Å². The molecule has 1 aromatic rings. The number of halogens is 1. The molecule has 4 nitrogen and oxygen atoms in total. The van der Waals surface area contributed by atoms with Gasteiger partial charge in [-0.2, -0.15) is 0 Å². The molecule has 3 rings (SSSR count). The minimum atomic E-state index is -0.520. The van der Waals surface area contributed by atoms with Gasteiger partial charge in [0.25, 0.3) is 5.91 Å². The lowest BCUT2D eigenvalue weighted by Gasteiger charge is -2.46. The number of anilines is 1. The number of rotatable bonds is 2. The number of nitrogens with zero attached hydrogens (tertiary/aromatic N) is 2. The van der Waals surface area contributed by atoms with E-state index in [4.69, 9.17) is 0 Å². The van der Waals surface area contributed by atoms with Crippen LogP contribution in [0.5, 0.6) is 0 Å². The predicted octanol–water partition coefficient (Wildman–Crippen LogP) is 2.33. The minimum absolute atomic E-state index is 0.00828. The molecule has 2 unspecified atom stereocenters. The number of benzene rings is 1. The Hall–Kier alpha value is -1.91. The summed E-state index contributed by atoms with van der Waals surface area (Å²) >= 11 is 0. The number of piperidine rings is 1. The summed E-state index contributed by atoms with van der Waals surface area (Å²) in [6.45, 7) is 2.54. The van der Waals surface area contributed by atoms with Crippen LogP contribution in [-0.4, -0.2) is 35.3 Å². The molecular weight excluding hydrogens is 271 g/mol. The first-order chi connectivity index (χ1) is 10.1. The van der Waals surface area contributed by atoms with E-state index in [1.54, 1.807) is 17.0 Å². The third-order valence-electron chi connectivity index (χ3n) is 4.38. The van der Waals surface area contributed by atoms with Gasteiger partial charge in [-0.25, -0.2) is 4.39 Å². The van der Waals surface area contributed by atoms with Crippen molar-refractivity contribution in [3.8, 4) is 0 Å². The van der Waals surface area contributed by atoms with Crippen LogP contribution in [0.15, 0.2) is 24.3 Å². The largest absolute Gasteiger partial charge is 0.329 e. The molecule has 0 aliphatic carbocycles. The van der Waals surface area contributed by atoms with Crippen LogP contribution >= 0.6 is 0 Å². The summed E-state index contributed by atoms with van der Waals surface area (Å²) in [4.78, 5) is 28.7. The zero-order valence-corrected chi connectivity index (χ0v) is 12.1. The van der Waals surface area contributed by atoms with Gasteiger partial charge in [0.1, 0.15) is 17.9 Å². The van der Waals surface area contributed by atoms with Crippen molar-refractivity contribution >= 4 is 17.5 Å². The SMILES string of the molecule is CCC1C(=O)N2CCCCC2C(=O)N1c1cccc(F)c1. The molecule has 0 bridgehead atoms. The average molecular weight is 290 g/mol. The predicted molar refractivity (Wildman–Crippen MR) is 77.3 cm³/mol. The number of amides is 2. The Morgan fingerprint density at radius 1 is 1.24 bits per heavy atom. The highest BCUT2D eigenvalue weighted by atomic mass is 19.1. The first-order valence-electron chi connectivity index (χ1n) is 7.52. The van der Waals surface area contributed by atoms with Gasteiger partial charge >= 0.3 is 0 Å². The molecule has 2 atom stereocenters. The molecule has 0 spiro atoms. The fourth-order valence-electron chi connectivity index (χ4n) is 3.36. The number of hydrogen-bond acceptors (Lipinski definition) is 2. The number of carbonyl (C=O) groups excluding carboxylic acids is 2. The molecule has 2 aliphatic heterocycles. The second-order valence-electron chi connectivity index (χ2n) is 5.66. The molecule has 2 saturated heterocycles. The minimum Gasteiger partial charge on any atom is -0.329 e. The van der Waals surface area contributed by atoms with Crippen LogP contribution in [-0.2, 0) is 9.59 Å². The van der Waals surface area contributed by atoms with Gasteiger partial charge in [0.15, 0.2) is 0 Å². The van der Waals surface area contributed by atoms with Crippen molar-refractivity contribution in [3.63, 3.8) is 0 Å². The summed E-state index contributed by atoms with van der Waals surface area (Å²) in [6.07, 6.45) is 3.14. The normalized spacial score (nSPS) is 26.0. The summed E-state index contributed by atoms with van der Waals surface area (Å²) in [5.41, 5.74) is 0.477. The topological polar surface area (TPSA) is 40.6 Å². The maximum absolute atomic E-state index is 13.5. The van der Waals surface area contributed by atoms with E-state index in [0.29, 0.717) is 25.1 Å². The van der Waals surface area contributed by atoms with Crippen molar-refractivity contribution in [3.05, 3.63) is 30.1 Å². The third kappa shape index (κ3) is 2.30. The third-order valence-corrected chi connectivity index (χ3v) is 4.38. The molecule has 2 heterocycles. The van der Waals surface area contributed by atoms with Crippen molar-refractivity contribution < 1.29 is 14.0 Å². The lowest BCUT2D eigenvalue weighted by molar-refractivity contribution is -0.148. The van der Waals surface area contributed by atoms with Crippen molar-refractivity contribution in [1.29, 1.82) is 0 Å². The first kappa shape index (κ1) is 14.0. The molecule has 5 heteroatoms. The number of hydrogen-bond donors (Lipinski definition) is 0. The van der Waals surface area contributed by atoms with Gasteiger partial charge in [0, 0.05) is 12.2 Å². The summed E-state index contributed by atoms with van der Waals surface area (Å²) < 4.78 is 13.5. The summed E-state index contributed by atoms with van der Waals surface area (Å²) in [7, 11) is 0. The molecule has 112 valence electrons. The highest BCUT2D eigenvalue weighted by molar-refractivity contribution is 6.08. The molecule has 2 amide bonds. The zero-order chi connectivity index (χ0) is 15.0.